The van der Waals surface area contributed by atoms with Crippen molar-refractivity contribution >= 4 is 5.78 Å². The normalized spacial score (nSPS) is 11.7. The highest BCUT2D eigenvalue weighted by Gasteiger charge is 2.40. The van der Waals surface area contributed by atoms with Crippen LogP contribution in [0.25, 0.3) is 0 Å². The van der Waals surface area contributed by atoms with Gasteiger partial charge in [0.2, 0.25) is 0 Å². The minimum atomic E-state index is -4.86. The van der Waals surface area contributed by atoms with Gasteiger partial charge in [0.25, 0.3) is 5.78 Å². The molecule has 0 saturated carbocycles. The van der Waals surface area contributed by atoms with Crippen LogP contribution in [-0.2, 0) is 0 Å². The molecule has 2 nitrogen and oxygen atoms in total. The lowest BCUT2D eigenvalue weighted by Crippen LogP contribution is -2.23. The second-order valence-corrected chi connectivity index (χ2v) is 3.97. The van der Waals surface area contributed by atoms with Crippen LogP contribution in [0.2, 0.25) is 0 Å². The standard InChI is InChI=1S/C12H13F3O2/c1-7(2)17-9-5-4-8(3)10(6-9)11(16)12(13,14)15/h4-7H,1-3H3. The molecule has 5 heteroatoms. The van der Waals surface area contributed by atoms with Gasteiger partial charge in [-0.1, -0.05) is 6.07 Å². The highest BCUT2D eigenvalue weighted by molar-refractivity contribution is 6.01. The number of aryl methyl sites for hydroxylation is 1. The van der Waals surface area contributed by atoms with Crippen molar-refractivity contribution in [2.24, 2.45) is 0 Å². The molecule has 1 aromatic carbocycles. The smallest absolute Gasteiger partial charge is 0.454 e. The predicted octanol–water partition coefficient (Wildman–Crippen LogP) is 3.53. The molecule has 0 radical (unpaired) electrons. The van der Waals surface area contributed by atoms with E-state index in [0.717, 1.165) is 6.07 Å². The number of ketones is 1. The van der Waals surface area contributed by atoms with E-state index in [1.54, 1.807) is 19.9 Å². The van der Waals surface area contributed by atoms with Crippen molar-refractivity contribution < 1.29 is 22.7 Å². The minimum absolute atomic E-state index is 0.161. The quantitative estimate of drug-likeness (QED) is 0.762. The molecule has 0 saturated heterocycles. The summed E-state index contributed by atoms with van der Waals surface area (Å²) < 4.78 is 42.2. The van der Waals surface area contributed by atoms with Gasteiger partial charge in [-0.25, -0.2) is 0 Å². The van der Waals surface area contributed by atoms with E-state index in [1.165, 1.54) is 13.0 Å². The van der Waals surface area contributed by atoms with Crippen LogP contribution in [-0.4, -0.2) is 18.1 Å². The molecular formula is C12H13F3O2. The van der Waals surface area contributed by atoms with Crippen molar-refractivity contribution in [3.05, 3.63) is 29.3 Å². The molecule has 0 aliphatic carbocycles. The molecule has 1 rings (SSSR count). The number of carbonyl (C=O) groups is 1. The Bertz CT molecular complexity index is 422. The Morgan fingerprint density at radius 3 is 2.35 bits per heavy atom. The number of halogens is 3. The third-order valence-electron chi connectivity index (χ3n) is 2.08. The van der Waals surface area contributed by atoms with Gasteiger partial charge in [0, 0.05) is 5.56 Å². The van der Waals surface area contributed by atoms with E-state index in [9.17, 15) is 18.0 Å². The van der Waals surface area contributed by atoms with Gasteiger partial charge in [-0.05, 0) is 38.5 Å². The van der Waals surface area contributed by atoms with Gasteiger partial charge in [-0.3, -0.25) is 4.79 Å². The summed E-state index contributed by atoms with van der Waals surface area (Å²) in [5.74, 6) is -1.58. The Balaban J connectivity index is 3.11. The van der Waals surface area contributed by atoms with E-state index in [0.29, 0.717) is 0 Å². The van der Waals surface area contributed by atoms with E-state index in [4.69, 9.17) is 4.74 Å². The average molecular weight is 246 g/mol. The molecule has 0 spiro atoms. The summed E-state index contributed by atoms with van der Waals surface area (Å²) in [6.07, 6.45) is -5.02. The van der Waals surface area contributed by atoms with Crippen molar-refractivity contribution in [1.82, 2.24) is 0 Å². The van der Waals surface area contributed by atoms with E-state index < -0.39 is 12.0 Å². The summed E-state index contributed by atoms with van der Waals surface area (Å²) in [5, 5.41) is 0. The Hall–Kier alpha value is -1.52. The first-order valence-electron chi connectivity index (χ1n) is 5.10. The predicted molar refractivity (Wildman–Crippen MR) is 57.3 cm³/mol. The van der Waals surface area contributed by atoms with Crippen molar-refractivity contribution in [3.63, 3.8) is 0 Å². The highest BCUT2D eigenvalue weighted by Crippen LogP contribution is 2.26. The molecule has 0 unspecified atom stereocenters. The molecule has 0 amide bonds. The average Bonchev–Trinajstić information content (AvgIpc) is 2.18. The lowest BCUT2D eigenvalue weighted by Gasteiger charge is -2.13. The molecule has 0 aromatic heterocycles. The number of Topliss-reactive ketones (excluding diaryl/α,β-unsaturated/α-hetero) is 1. The van der Waals surface area contributed by atoms with Crippen molar-refractivity contribution in [1.29, 1.82) is 0 Å². The zero-order chi connectivity index (χ0) is 13.2. The zero-order valence-corrected chi connectivity index (χ0v) is 9.76. The fourth-order valence-electron chi connectivity index (χ4n) is 1.34. The summed E-state index contributed by atoms with van der Waals surface area (Å²) in [6.45, 7) is 4.97. The zero-order valence-electron chi connectivity index (χ0n) is 9.76. The number of rotatable bonds is 3. The number of hydrogen-bond acceptors (Lipinski definition) is 2. The molecule has 0 atom stereocenters. The monoisotopic (exact) mass is 246 g/mol. The molecule has 1 aromatic rings. The minimum Gasteiger partial charge on any atom is -0.491 e. The van der Waals surface area contributed by atoms with E-state index in [-0.39, 0.29) is 23.0 Å². The number of hydrogen-bond donors (Lipinski definition) is 0. The van der Waals surface area contributed by atoms with Crippen LogP contribution in [0, 0.1) is 6.92 Å². The maximum absolute atomic E-state index is 12.3. The molecule has 0 aliphatic rings. The molecule has 0 aliphatic heterocycles. The molecule has 0 heterocycles. The maximum Gasteiger partial charge on any atom is 0.454 e. The highest BCUT2D eigenvalue weighted by atomic mass is 19.4. The Morgan fingerprint density at radius 1 is 1.29 bits per heavy atom. The summed E-state index contributed by atoms with van der Waals surface area (Å²) in [7, 11) is 0. The Kier molecular flexibility index (Phi) is 3.80. The number of benzene rings is 1. The van der Waals surface area contributed by atoms with Crippen LogP contribution in [0.4, 0.5) is 13.2 Å². The first kappa shape index (κ1) is 13.5. The topological polar surface area (TPSA) is 26.3 Å². The summed E-state index contributed by atoms with van der Waals surface area (Å²) in [5.41, 5.74) is -0.0842. The van der Waals surface area contributed by atoms with E-state index >= 15 is 0 Å². The van der Waals surface area contributed by atoms with Crippen molar-refractivity contribution in [2.45, 2.75) is 33.1 Å². The van der Waals surface area contributed by atoms with Crippen LogP contribution in [0.1, 0.15) is 29.8 Å². The first-order valence-corrected chi connectivity index (χ1v) is 5.10. The van der Waals surface area contributed by atoms with Crippen LogP contribution in [0.5, 0.6) is 5.75 Å². The van der Waals surface area contributed by atoms with Gasteiger partial charge >= 0.3 is 6.18 Å². The second kappa shape index (κ2) is 4.77. The third-order valence-corrected chi connectivity index (χ3v) is 2.08. The molecule has 0 bridgehead atoms. The van der Waals surface area contributed by atoms with Crippen molar-refractivity contribution in [2.75, 3.05) is 0 Å². The largest absolute Gasteiger partial charge is 0.491 e. The Labute approximate surface area is 97.4 Å². The van der Waals surface area contributed by atoms with Crippen LogP contribution in [0.15, 0.2) is 18.2 Å². The van der Waals surface area contributed by atoms with Gasteiger partial charge in [0.1, 0.15) is 5.75 Å². The number of alkyl halides is 3. The molecule has 17 heavy (non-hydrogen) atoms. The fourth-order valence-corrected chi connectivity index (χ4v) is 1.34. The lowest BCUT2D eigenvalue weighted by molar-refractivity contribution is -0.0885. The number of carbonyl (C=O) groups excluding carboxylic acids is 1. The summed E-state index contributed by atoms with van der Waals surface area (Å²) in [6, 6.07) is 4.12. The van der Waals surface area contributed by atoms with Gasteiger partial charge in [-0.15, -0.1) is 0 Å². The van der Waals surface area contributed by atoms with Gasteiger partial charge in [0.05, 0.1) is 6.10 Å². The van der Waals surface area contributed by atoms with Gasteiger partial charge in [-0.2, -0.15) is 13.2 Å². The van der Waals surface area contributed by atoms with E-state index in [1.807, 2.05) is 0 Å². The van der Waals surface area contributed by atoms with Crippen LogP contribution < -0.4 is 4.74 Å². The molecule has 0 fully saturated rings. The molecular weight excluding hydrogens is 233 g/mol. The summed E-state index contributed by atoms with van der Waals surface area (Å²) in [4.78, 5) is 11.1. The van der Waals surface area contributed by atoms with E-state index in [2.05, 4.69) is 0 Å². The first-order chi connectivity index (χ1) is 7.71. The van der Waals surface area contributed by atoms with Crippen molar-refractivity contribution in [3.8, 4) is 5.75 Å². The summed E-state index contributed by atoms with van der Waals surface area (Å²) >= 11 is 0. The van der Waals surface area contributed by atoms with Crippen LogP contribution >= 0.6 is 0 Å². The van der Waals surface area contributed by atoms with Gasteiger partial charge in [0.15, 0.2) is 0 Å². The fraction of sp³-hybridized carbons (Fsp3) is 0.417. The van der Waals surface area contributed by atoms with Gasteiger partial charge < -0.3 is 4.74 Å². The maximum atomic E-state index is 12.3. The molecule has 0 N–H and O–H groups in total. The lowest BCUT2D eigenvalue weighted by atomic mass is 10.0. The third kappa shape index (κ3) is 3.47. The number of ether oxygens (including phenoxy) is 1. The SMILES string of the molecule is Cc1ccc(OC(C)C)cc1C(=O)C(F)(F)F. The van der Waals surface area contributed by atoms with Crippen LogP contribution in [0.3, 0.4) is 0 Å². The second-order valence-electron chi connectivity index (χ2n) is 3.97. The Morgan fingerprint density at radius 2 is 1.88 bits per heavy atom. The molecule has 94 valence electrons.